The van der Waals surface area contributed by atoms with E-state index in [0.29, 0.717) is 32.8 Å². The highest BCUT2D eigenvalue weighted by Gasteiger charge is 2.23. The lowest BCUT2D eigenvalue weighted by atomic mass is 10.3. The van der Waals surface area contributed by atoms with Gasteiger partial charge in [0.05, 0.1) is 25.4 Å². The quantitative estimate of drug-likeness (QED) is 0.768. The SMILES string of the molecule is CCOC(=O)N1CCN(Cc2nnnn2-c2ccc(OCC)cc2)CC1. The van der Waals surface area contributed by atoms with Crippen LogP contribution >= 0.6 is 0 Å². The Kier molecular flexibility index (Phi) is 6.00. The van der Waals surface area contributed by atoms with Crippen molar-refractivity contribution in [2.45, 2.75) is 20.4 Å². The van der Waals surface area contributed by atoms with Crippen molar-refractivity contribution in [3.05, 3.63) is 30.1 Å². The summed E-state index contributed by atoms with van der Waals surface area (Å²) in [5.41, 5.74) is 0.888. The normalized spacial score (nSPS) is 15.1. The summed E-state index contributed by atoms with van der Waals surface area (Å²) < 4.78 is 12.2. The van der Waals surface area contributed by atoms with E-state index in [1.165, 1.54) is 0 Å². The van der Waals surface area contributed by atoms with E-state index in [-0.39, 0.29) is 6.09 Å². The van der Waals surface area contributed by atoms with Gasteiger partial charge in [0.15, 0.2) is 5.82 Å². The number of ether oxygens (including phenoxy) is 2. The topological polar surface area (TPSA) is 85.6 Å². The van der Waals surface area contributed by atoms with Gasteiger partial charge in [0, 0.05) is 26.2 Å². The van der Waals surface area contributed by atoms with Gasteiger partial charge >= 0.3 is 6.09 Å². The zero-order valence-electron chi connectivity index (χ0n) is 15.2. The number of carbonyl (C=O) groups excluding carboxylic acids is 1. The van der Waals surface area contributed by atoms with Gasteiger partial charge < -0.3 is 14.4 Å². The molecule has 0 N–H and O–H groups in total. The summed E-state index contributed by atoms with van der Waals surface area (Å²) in [6, 6.07) is 7.68. The van der Waals surface area contributed by atoms with Crippen molar-refractivity contribution in [2.24, 2.45) is 0 Å². The first kappa shape index (κ1) is 18.1. The second-order valence-electron chi connectivity index (χ2n) is 5.90. The summed E-state index contributed by atoms with van der Waals surface area (Å²) in [4.78, 5) is 15.7. The van der Waals surface area contributed by atoms with Crippen LogP contribution in [0.3, 0.4) is 0 Å². The highest BCUT2D eigenvalue weighted by molar-refractivity contribution is 5.67. The van der Waals surface area contributed by atoms with Crippen LogP contribution in [0, 0.1) is 0 Å². The van der Waals surface area contributed by atoms with Gasteiger partial charge in [-0.1, -0.05) is 0 Å². The molecule has 9 heteroatoms. The van der Waals surface area contributed by atoms with Crippen molar-refractivity contribution in [3.8, 4) is 11.4 Å². The minimum atomic E-state index is -0.244. The number of tetrazole rings is 1. The lowest BCUT2D eigenvalue weighted by molar-refractivity contribution is 0.0770. The highest BCUT2D eigenvalue weighted by Crippen LogP contribution is 2.16. The average Bonchev–Trinajstić information content (AvgIpc) is 3.11. The third kappa shape index (κ3) is 4.29. The standard InChI is InChI=1S/C17H24N6O3/c1-3-25-15-7-5-14(6-8-15)23-16(18-19-20-23)13-21-9-11-22(12-10-21)17(24)26-4-2/h5-8H,3-4,9-13H2,1-2H3. The maximum atomic E-state index is 11.8. The van der Waals surface area contributed by atoms with E-state index in [1.807, 2.05) is 38.1 Å². The number of nitrogens with zero attached hydrogens (tertiary/aromatic N) is 6. The van der Waals surface area contributed by atoms with E-state index in [0.717, 1.165) is 30.4 Å². The molecule has 0 bridgehead atoms. The Hall–Kier alpha value is -2.68. The van der Waals surface area contributed by atoms with Crippen molar-refractivity contribution >= 4 is 6.09 Å². The molecule has 0 saturated carbocycles. The largest absolute Gasteiger partial charge is 0.494 e. The van der Waals surface area contributed by atoms with Gasteiger partial charge in [0.2, 0.25) is 0 Å². The van der Waals surface area contributed by atoms with Crippen LogP contribution in [-0.4, -0.2) is 75.5 Å². The van der Waals surface area contributed by atoms with Crippen LogP contribution in [0.15, 0.2) is 24.3 Å². The highest BCUT2D eigenvalue weighted by atomic mass is 16.6. The first-order valence-corrected chi connectivity index (χ1v) is 8.85. The van der Waals surface area contributed by atoms with Crippen LogP contribution in [0.4, 0.5) is 4.79 Å². The number of hydrogen-bond acceptors (Lipinski definition) is 7. The Morgan fingerprint density at radius 3 is 2.46 bits per heavy atom. The number of amides is 1. The third-order valence-corrected chi connectivity index (χ3v) is 4.19. The first-order chi connectivity index (χ1) is 12.7. The molecular formula is C17H24N6O3. The lowest BCUT2D eigenvalue weighted by Gasteiger charge is -2.33. The van der Waals surface area contributed by atoms with Crippen LogP contribution < -0.4 is 4.74 Å². The van der Waals surface area contributed by atoms with E-state index in [2.05, 4.69) is 20.4 Å². The predicted octanol–water partition coefficient (Wildman–Crippen LogP) is 1.34. The Morgan fingerprint density at radius 1 is 1.08 bits per heavy atom. The molecule has 0 atom stereocenters. The van der Waals surface area contributed by atoms with E-state index in [1.54, 1.807) is 9.58 Å². The van der Waals surface area contributed by atoms with E-state index >= 15 is 0 Å². The van der Waals surface area contributed by atoms with Crippen molar-refractivity contribution in [3.63, 3.8) is 0 Å². The molecule has 1 fully saturated rings. The zero-order valence-corrected chi connectivity index (χ0v) is 15.2. The molecule has 1 aromatic heterocycles. The van der Waals surface area contributed by atoms with E-state index in [4.69, 9.17) is 9.47 Å². The molecule has 1 aliphatic heterocycles. The molecule has 1 amide bonds. The summed E-state index contributed by atoms with van der Waals surface area (Å²) in [5.74, 6) is 1.58. The Morgan fingerprint density at radius 2 is 1.81 bits per heavy atom. The van der Waals surface area contributed by atoms with Gasteiger partial charge in [0.25, 0.3) is 0 Å². The number of hydrogen-bond donors (Lipinski definition) is 0. The molecule has 1 saturated heterocycles. The second kappa shape index (κ2) is 8.61. The molecule has 0 spiro atoms. The van der Waals surface area contributed by atoms with Crippen molar-refractivity contribution < 1.29 is 14.3 Å². The Labute approximate surface area is 152 Å². The summed E-state index contributed by atoms with van der Waals surface area (Å²) >= 11 is 0. The molecular weight excluding hydrogens is 336 g/mol. The van der Waals surface area contributed by atoms with E-state index < -0.39 is 0 Å². The summed E-state index contributed by atoms with van der Waals surface area (Å²) in [6.45, 7) is 8.22. The predicted molar refractivity (Wildman–Crippen MR) is 94.2 cm³/mol. The van der Waals surface area contributed by atoms with Crippen molar-refractivity contribution in [1.29, 1.82) is 0 Å². The molecule has 140 valence electrons. The molecule has 2 heterocycles. The maximum Gasteiger partial charge on any atom is 0.409 e. The second-order valence-corrected chi connectivity index (χ2v) is 5.90. The summed E-state index contributed by atoms with van der Waals surface area (Å²) in [6.07, 6.45) is -0.244. The van der Waals surface area contributed by atoms with Gasteiger partial charge in [-0.05, 0) is 48.5 Å². The fourth-order valence-corrected chi connectivity index (χ4v) is 2.86. The molecule has 2 aromatic rings. The van der Waals surface area contributed by atoms with Crippen LogP contribution in [0.1, 0.15) is 19.7 Å². The summed E-state index contributed by atoms with van der Waals surface area (Å²) in [7, 11) is 0. The number of carbonyl (C=O) groups is 1. The Bertz CT molecular complexity index is 710. The van der Waals surface area contributed by atoms with E-state index in [9.17, 15) is 4.79 Å². The van der Waals surface area contributed by atoms with Gasteiger partial charge in [-0.15, -0.1) is 5.10 Å². The molecule has 3 rings (SSSR count). The van der Waals surface area contributed by atoms with Gasteiger partial charge in [-0.2, -0.15) is 4.68 Å². The first-order valence-electron chi connectivity index (χ1n) is 8.85. The molecule has 0 unspecified atom stereocenters. The molecule has 0 radical (unpaired) electrons. The third-order valence-electron chi connectivity index (χ3n) is 4.19. The van der Waals surface area contributed by atoms with Crippen LogP contribution in [0.25, 0.3) is 5.69 Å². The van der Waals surface area contributed by atoms with Gasteiger partial charge in [-0.25, -0.2) is 4.79 Å². The monoisotopic (exact) mass is 360 g/mol. The molecule has 1 aromatic carbocycles. The molecule has 9 nitrogen and oxygen atoms in total. The smallest absolute Gasteiger partial charge is 0.409 e. The lowest BCUT2D eigenvalue weighted by Crippen LogP contribution is -2.48. The minimum absolute atomic E-state index is 0.244. The van der Waals surface area contributed by atoms with Crippen LogP contribution in [0.5, 0.6) is 5.75 Å². The fourth-order valence-electron chi connectivity index (χ4n) is 2.86. The van der Waals surface area contributed by atoms with Gasteiger partial charge in [0.1, 0.15) is 5.75 Å². The average molecular weight is 360 g/mol. The van der Waals surface area contributed by atoms with Crippen LogP contribution in [-0.2, 0) is 11.3 Å². The van der Waals surface area contributed by atoms with Crippen molar-refractivity contribution in [2.75, 3.05) is 39.4 Å². The van der Waals surface area contributed by atoms with Crippen LogP contribution in [0.2, 0.25) is 0 Å². The number of benzene rings is 1. The summed E-state index contributed by atoms with van der Waals surface area (Å²) in [5, 5.41) is 12.1. The Balaban J connectivity index is 1.60. The number of piperazine rings is 1. The fraction of sp³-hybridized carbons (Fsp3) is 0.529. The number of rotatable bonds is 6. The molecule has 26 heavy (non-hydrogen) atoms. The maximum absolute atomic E-state index is 11.8. The molecule has 0 aliphatic carbocycles. The zero-order chi connectivity index (χ0) is 18.4. The van der Waals surface area contributed by atoms with Crippen molar-refractivity contribution in [1.82, 2.24) is 30.0 Å². The van der Waals surface area contributed by atoms with Gasteiger partial charge in [-0.3, -0.25) is 4.90 Å². The number of aromatic nitrogens is 4. The molecule has 1 aliphatic rings. The minimum Gasteiger partial charge on any atom is -0.494 e.